The maximum atomic E-state index is 12.0. The first-order valence-electron chi connectivity index (χ1n) is 5.02. The van der Waals surface area contributed by atoms with Crippen molar-refractivity contribution < 1.29 is 14.6 Å². The second kappa shape index (κ2) is 5.10. The van der Waals surface area contributed by atoms with Crippen LogP contribution in [0.3, 0.4) is 0 Å². The van der Waals surface area contributed by atoms with Crippen LogP contribution in [0.5, 0.6) is 0 Å². The van der Waals surface area contributed by atoms with Gasteiger partial charge in [-0.25, -0.2) is 0 Å². The van der Waals surface area contributed by atoms with Gasteiger partial charge in [-0.2, -0.15) is 5.26 Å². The van der Waals surface area contributed by atoms with Crippen LogP contribution < -0.4 is 0 Å². The number of aliphatic hydroxyl groups excluding tert-OH is 1. The van der Waals surface area contributed by atoms with Gasteiger partial charge >= 0.3 is 0 Å². The van der Waals surface area contributed by atoms with E-state index >= 15 is 0 Å². The number of carbonyl (C=O) groups excluding carboxylic acids is 1. The van der Waals surface area contributed by atoms with Crippen molar-refractivity contribution in [3.05, 3.63) is 0 Å². The van der Waals surface area contributed by atoms with E-state index in [0.29, 0.717) is 26.1 Å². The standard InChI is InChI=1S/C10H16N2O3/c1-12(4-5-13)9(14)10(8-11)2-6-15-7-3-10/h13H,2-7H2,1H3. The molecular formula is C10H16N2O3. The predicted octanol–water partition coefficient (Wildman–Crippen LogP) is -0.243. The molecule has 0 aromatic carbocycles. The van der Waals surface area contributed by atoms with Gasteiger partial charge < -0.3 is 14.7 Å². The molecule has 1 aliphatic heterocycles. The lowest BCUT2D eigenvalue weighted by Gasteiger charge is -2.32. The summed E-state index contributed by atoms with van der Waals surface area (Å²) in [5, 5.41) is 17.9. The molecule has 1 saturated heterocycles. The van der Waals surface area contributed by atoms with Crippen LogP contribution in [0, 0.1) is 16.7 Å². The summed E-state index contributed by atoms with van der Waals surface area (Å²) in [5.41, 5.74) is -0.942. The van der Waals surface area contributed by atoms with E-state index < -0.39 is 5.41 Å². The number of nitriles is 1. The van der Waals surface area contributed by atoms with Crippen LogP contribution >= 0.6 is 0 Å². The number of hydrogen-bond acceptors (Lipinski definition) is 4. The summed E-state index contributed by atoms with van der Waals surface area (Å²) in [6, 6.07) is 2.10. The van der Waals surface area contributed by atoms with E-state index in [2.05, 4.69) is 6.07 Å². The molecule has 0 atom stereocenters. The van der Waals surface area contributed by atoms with Gasteiger partial charge in [0.15, 0.2) is 0 Å². The van der Waals surface area contributed by atoms with Crippen LogP contribution in [0.4, 0.5) is 0 Å². The van der Waals surface area contributed by atoms with Crippen LogP contribution in [0.15, 0.2) is 0 Å². The lowest BCUT2D eigenvalue weighted by molar-refractivity contribution is -0.142. The Labute approximate surface area is 89.2 Å². The molecular weight excluding hydrogens is 196 g/mol. The molecule has 1 N–H and O–H groups in total. The monoisotopic (exact) mass is 212 g/mol. The Balaban J connectivity index is 2.73. The van der Waals surface area contributed by atoms with E-state index in [0.717, 1.165) is 0 Å². The van der Waals surface area contributed by atoms with Crippen LogP contribution in [0.25, 0.3) is 0 Å². The molecule has 84 valence electrons. The summed E-state index contributed by atoms with van der Waals surface area (Å²) in [7, 11) is 1.60. The van der Waals surface area contributed by atoms with Crippen molar-refractivity contribution in [2.24, 2.45) is 5.41 Å². The minimum absolute atomic E-state index is 0.0831. The number of rotatable bonds is 3. The van der Waals surface area contributed by atoms with E-state index in [9.17, 15) is 4.79 Å². The van der Waals surface area contributed by atoms with Crippen LogP contribution in [-0.2, 0) is 9.53 Å². The quantitative estimate of drug-likeness (QED) is 0.700. The minimum Gasteiger partial charge on any atom is -0.395 e. The first-order valence-corrected chi connectivity index (χ1v) is 5.02. The molecule has 0 aromatic heterocycles. The van der Waals surface area contributed by atoms with E-state index in [1.54, 1.807) is 7.05 Å². The summed E-state index contributed by atoms with van der Waals surface area (Å²) in [5.74, 6) is -0.206. The SMILES string of the molecule is CN(CCO)C(=O)C1(C#N)CCOCC1. The Hall–Kier alpha value is -1.12. The molecule has 0 aromatic rings. The number of amides is 1. The van der Waals surface area contributed by atoms with Crippen molar-refractivity contribution in [1.82, 2.24) is 4.90 Å². The Bertz CT molecular complexity index is 266. The third kappa shape index (κ3) is 2.46. The maximum absolute atomic E-state index is 12.0. The maximum Gasteiger partial charge on any atom is 0.243 e. The fraction of sp³-hybridized carbons (Fsp3) is 0.800. The largest absolute Gasteiger partial charge is 0.395 e. The third-order valence-corrected chi connectivity index (χ3v) is 2.75. The van der Waals surface area contributed by atoms with E-state index in [-0.39, 0.29) is 19.1 Å². The molecule has 0 radical (unpaired) electrons. The third-order valence-electron chi connectivity index (χ3n) is 2.75. The average Bonchev–Trinajstić information content (AvgIpc) is 2.29. The van der Waals surface area contributed by atoms with Crippen molar-refractivity contribution in [3.63, 3.8) is 0 Å². The molecule has 0 bridgehead atoms. The van der Waals surface area contributed by atoms with Crippen molar-refractivity contribution in [2.45, 2.75) is 12.8 Å². The van der Waals surface area contributed by atoms with Gasteiger partial charge in [-0.1, -0.05) is 0 Å². The Kier molecular flexibility index (Phi) is 4.06. The molecule has 1 rings (SSSR count). The zero-order valence-electron chi connectivity index (χ0n) is 8.90. The lowest BCUT2D eigenvalue weighted by Crippen LogP contribution is -2.45. The number of likely N-dealkylation sites (N-methyl/N-ethyl adjacent to an activating group) is 1. The number of carbonyl (C=O) groups is 1. The van der Waals surface area contributed by atoms with Crippen LogP contribution in [-0.4, -0.2) is 49.3 Å². The molecule has 1 fully saturated rings. The fourth-order valence-corrected chi connectivity index (χ4v) is 1.71. The zero-order valence-corrected chi connectivity index (χ0v) is 8.90. The smallest absolute Gasteiger partial charge is 0.243 e. The van der Waals surface area contributed by atoms with Crippen molar-refractivity contribution in [2.75, 3.05) is 33.4 Å². The Morgan fingerprint density at radius 2 is 2.20 bits per heavy atom. The van der Waals surface area contributed by atoms with Gasteiger partial charge in [0.2, 0.25) is 5.91 Å². The Morgan fingerprint density at radius 1 is 1.60 bits per heavy atom. The van der Waals surface area contributed by atoms with Gasteiger partial charge in [-0.15, -0.1) is 0 Å². The highest BCUT2D eigenvalue weighted by molar-refractivity contribution is 5.85. The molecule has 5 heteroatoms. The molecule has 0 spiro atoms. The summed E-state index contributed by atoms with van der Waals surface area (Å²) in [6.45, 7) is 1.09. The van der Waals surface area contributed by atoms with Crippen molar-refractivity contribution in [3.8, 4) is 6.07 Å². The van der Waals surface area contributed by atoms with Gasteiger partial charge in [0, 0.05) is 26.8 Å². The second-order valence-corrected chi connectivity index (χ2v) is 3.76. The highest BCUT2D eigenvalue weighted by Gasteiger charge is 2.41. The van der Waals surface area contributed by atoms with E-state index in [1.165, 1.54) is 4.90 Å². The van der Waals surface area contributed by atoms with Gasteiger partial charge in [0.25, 0.3) is 0 Å². The van der Waals surface area contributed by atoms with Crippen LogP contribution in [0.1, 0.15) is 12.8 Å². The van der Waals surface area contributed by atoms with Crippen molar-refractivity contribution in [1.29, 1.82) is 5.26 Å². The fourth-order valence-electron chi connectivity index (χ4n) is 1.71. The zero-order chi connectivity index (χ0) is 11.3. The van der Waals surface area contributed by atoms with Gasteiger partial charge in [-0.05, 0) is 12.8 Å². The molecule has 15 heavy (non-hydrogen) atoms. The number of ether oxygens (including phenoxy) is 1. The van der Waals surface area contributed by atoms with Gasteiger partial charge in [0.05, 0.1) is 12.7 Å². The number of hydrogen-bond donors (Lipinski definition) is 1. The summed E-state index contributed by atoms with van der Waals surface area (Å²) >= 11 is 0. The molecule has 1 heterocycles. The molecule has 1 aliphatic rings. The summed E-state index contributed by atoms with van der Waals surface area (Å²) < 4.78 is 5.15. The second-order valence-electron chi connectivity index (χ2n) is 3.76. The molecule has 0 aliphatic carbocycles. The summed E-state index contributed by atoms with van der Waals surface area (Å²) in [6.07, 6.45) is 0.885. The molecule has 1 amide bonds. The first kappa shape index (κ1) is 12.0. The highest BCUT2D eigenvalue weighted by atomic mass is 16.5. The van der Waals surface area contributed by atoms with Crippen molar-refractivity contribution >= 4 is 5.91 Å². The van der Waals surface area contributed by atoms with Gasteiger partial charge in [0.1, 0.15) is 5.41 Å². The highest BCUT2D eigenvalue weighted by Crippen LogP contribution is 2.31. The normalized spacial score (nSPS) is 19.3. The van der Waals surface area contributed by atoms with E-state index in [1.807, 2.05) is 0 Å². The van der Waals surface area contributed by atoms with E-state index in [4.69, 9.17) is 15.1 Å². The molecule has 0 saturated carbocycles. The molecule has 0 unspecified atom stereocenters. The molecule has 5 nitrogen and oxygen atoms in total. The van der Waals surface area contributed by atoms with Crippen LogP contribution in [0.2, 0.25) is 0 Å². The topological polar surface area (TPSA) is 73.6 Å². The van der Waals surface area contributed by atoms with Gasteiger partial charge in [-0.3, -0.25) is 4.79 Å². The predicted molar refractivity (Wildman–Crippen MR) is 52.8 cm³/mol. The Morgan fingerprint density at radius 3 is 2.67 bits per heavy atom. The average molecular weight is 212 g/mol. The minimum atomic E-state index is -0.942. The first-order chi connectivity index (χ1) is 7.16. The summed E-state index contributed by atoms with van der Waals surface area (Å²) in [4.78, 5) is 13.4. The number of aliphatic hydroxyl groups is 1. The number of nitrogens with zero attached hydrogens (tertiary/aromatic N) is 2. The lowest BCUT2D eigenvalue weighted by atomic mass is 9.80.